The van der Waals surface area contributed by atoms with E-state index in [-0.39, 0.29) is 31.2 Å². The van der Waals surface area contributed by atoms with Crippen LogP contribution < -0.4 is 0 Å². The number of carboxylic acid groups (broad SMARTS) is 1. The van der Waals surface area contributed by atoms with Gasteiger partial charge in [0.1, 0.15) is 5.60 Å². The Labute approximate surface area is 189 Å². The lowest BCUT2D eigenvalue weighted by Crippen LogP contribution is -2.60. The van der Waals surface area contributed by atoms with Crippen molar-refractivity contribution in [1.82, 2.24) is 9.80 Å². The standard InChI is InChI=1S/C23H36N2O7/c1-21(2,3)32-20(29)25-15-7-8-22(25,12-30-4)16(10-15)18(26)24-14-6-9-23(24,13-31-5)17(11-14)19(27)28/h14-17H,6-13H2,1-5H3,(H,27,28)/t14-,15-,16+,17+,22+,23+/m0/s1. The third-order valence-corrected chi connectivity index (χ3v) is 8.04. The molecule has 0 radical (unpaired) electrons. The smallest absolute Gasteiger partial charge is 0.411 e. The lowest BCUT2D eigenvalue weighted by molar-refractivity contribution is -0.152. The monoisotopic (exact) mass is 452 g/mol. The summed E-state index contributed by atoms with van der Waals surface area (Å²) in [6.07, 6.45) is 3.46. The first-order chi connectivity index (χ1) is 15.0. The van der Waals surface area contributed by atoms with Crippen molar-refractivity contribution in [2.75, 3.05) is 27.4 Å². The van der Waals surface area contributed by atoms with Crippen molar-refractivity contribution in [3.05, 3.63) is 0 Å². The molecule has 0 aromatic heterocycles. The number of fused-ring (bicyclic) bond motifs is 4. The van der Waals surface area contributed by atoms with Crippen LogP contribution in [-0.4, -0.2) is 89.1 Å². The molecule has 0 spiro atoms. The number of nitrogens with zero attached hydrogens (tertiary/aromatic N) is 2. The van der Waals surface area contributed by atoms with Gasteiger partial charge < -0.3 is 24.2 Å². The molecule has 1 N–H and O–H groups in total. The molecule has 4 bridgehead atoms. The summed E-state index contributed by atoms with van der Waals surface area (Å²) in [5, 5.41) is 9.87. The highest BCUT2D eigenvalue weighted by molar-refractivity contribution is 5.87. The molecule has 4 rings (SSSR count). The summed E-state index contributed by atoms with van der Waals surface area (Å²) in [5.41, 5.74) is -2.23. The van der Waals surface area contributed by atoms with Gasteiger partial charge in [0.25, 0.3) is 0 Å². The number of rotatable bonds is 6. The topological polar surface area (TPSA) is 106 Å². The van der Waals surface area contributed by atoms with Gasteiger partial charge in [-0.3, -0.25) is 14.5 Å². The number of carbonyl (C=O) groups is 3. The molecule has 9 nitrogen and oxygen atoms in total. The Morgan fingerprint density at radius 3 is 1.91 bits per heavy atom. The zero-order valence-electron chi connectivity index (χ0n) is 19.8. The molecule has 4 aliphatic heterocycles. The van der Waals surface area contributed by atoms with Crippen molar-refractivity contribution >= 4 is 18.0 Å². The van der Waals surface area contributed by atoms with Gasteiger partial charge in [-0.1, -0.05) is 0 Å². The van der Waals surface area contributed by atoms with Gasteiger partial charge in [-0.2, -0.15) is 0 Å². The number of amides is 2. The second-order valence-corrected chi connectivity index (χ2v) is 10.9. The molecule has 9 heteroatoms. The highest BCUT2D eigenvalue weighted by Crippen LogP contribution is 2.56. The Bertz CT molecular complexity index is 796. The van der Waals surface area contributed by atoms with Crippen molar-refractivity contribution in [2.45, 2.75) is 88.1 Å². The van der Waals surface area contributed by atoms with E-state index in [9.17, 15) is 19.5 Å². The maximum Gasteiger partial charge on any atom is 0.411 e. The molecule has 4 heterocycles. The van der Waals surface area contributed by atoms with Crippen LogP contribution in [-0.2, 0) is 23.8 Å². The molecule has 0 aromatic carbocycles. The number of carbonyl (C=O) groups excluding carboxylic acids is 2. The van der Waals surface area contributed by atoms with Gasteiger partial charge in [0.15, 0.2) is 0 Å². The Morgan fingerprint density at radius 1 is 0.906 bits per heavy atom. The van der Waals surface area contributed by atoms with E-state index in [0.29, 0.717) is 25.7 Å². The highest BCUT2D eigenvalue weighted by atomic mass is 16.6. The van der Waals surface area contributed by atoms with Gasteiger partial charge in [-0.15, -0.1) is 0 Å². The lowest BCUT2D eigenvalue weighted by Gasteiger charge is -2.43. The van der Waals surface area contributed by atoms with Crippen LogP contribution in [0.3, 0.4) is 0 Å². The van der Waals surface area contributed by atoms with Crippen LogP contribution in [0.15, 0.2) is 0 Å². The number of hydrogen-bond acceptors (Lipinski definition) is 6. The van der Waals surface area contributed by atoms with Gasteiger partial charge in [-0.05, 0) is 59.3 Å². The predicted octanol–water partition coefficient (Wildman–Crippen LogP) is 2.27. The van der Waals surface area contributed by atoms with Crippen LogP contribution >= 0.6 is 0 Å². The number of aliphatic carboxylic acids is 1. The third-order valence-electron chi connectivity index (χ3n) is 8.04. The van der Waals surface area contributed by atoms with Crippen molar-refractivity contribution < 1.29 is 33.7 Å². The highest BCUT2D eigenvalue weighted by Gasteiger charge is 2.68. The summed E-state index contributed by atoms with van der Waals surface area (Å²) in [6, 6.07) is -0.185. The molecule has 4 fully saturated rings. The molecule has 180 valence electrons. The summed E-state index contributed by atoms with van der Waals surface area (Å²) in [6.45, 7) is 5.94. The van der Waals surface area contributed by atoms with Crippen LogP contribution in [0.2, 0.25) is 0 Å². The van der Waals surface area contributed by atoms with Crippen molar-refractivity contribution in [1.29, 1.82) is 0 Å². The van der Waals surface area contributed by atoms with Crippen LogP contribution in [0.1, 0.15) is 59.3 Å². The zero-order valence-corrected chi connectivity index (χ0v) is 19.8. The molecular weight excluding hydrogens is 416 g/mol. The van der Waals surface area contributed by atoms with Gasteiger partial charge in [0.05, 0.1) is 36.1 Å². The minimum absolute atomic E-state index is 0.0684. The fraction of sp³-hybridized carbons (Fsp3) is 0.870. The Kier molecular flexibility index (Phi) is 5.73. The van der Waals surface area contributed by atoms with E-state index in [1.807, 2.05) is 25.7 Å². The van der Waals surface area contributed by atoms with Crippen molar-refractivity contribution in [3.63, 3.8) is 0 Å². The molecule has 32 heavy (non-hydrogen) atoms. The number of carboxylic acids is 1. The number of ether oxygens (including phenoxy) is 3. The quantitative estimate of drug-likeness (QED) is 0.659. The molecule has 2 amide bonds. The van der Waals surface area contributed by atoms with Gasteiger partial charge in [-0.25, -0.2) is 4.79 Å². The van der Waals surface area contributed by atoms with Gasteiger partial charge >= 0.3 is 12.1 Å². The second kappa shape index (κ2) is 7.87. The fourth-order valence-electron chi connectivity index (χ4n) is 7.03. The van der Waals surface area contributed by atoms with E-state index < -0.39 is 40.6 Å². The van der Waals surface area contributed by atoms with E-state index in [0.717, 1.165) is 12.8 Å². The van der Waals surface area contributed by atoms with E-state index in [1.165, 1.54) is 0 Å². The zero-order chi connectivity index (χ0) is 23.5. The summed E-state index contributed by atoms with van der Waals surface area (Å²) < 4.78 is 16.7. The van der Waals surface area contributed by atoms with Gasteiger partial charge in [0.2, 0.25) is 5.91 Å². The number of methoxy groups -OCH3 is 2. The summed E-state index contributed by atoms with van der Waals surface area (Å²) in [5.74, 6) is -2.03. The van der Waals surface area contributed by atoms with Crippen LogP contribution in [0.25, 0.3) is 0 Å². The first-order valence-corrected chi connectivity index (χ1v) is 11.6. The first kappa shape index (κ1) is 23.3. The normalized spacial score (nSPS) is 37.9. The average Bonchev–Trinajstić information content (AvgIpc) is 3.40. The molecule has 0 saturated carbocycles. The maximum atomic E-state index is 14.1. The molecule has 4 aliphatic rings. The molecule has 6 atom stereocenters. The van der Waals surface area contributed by atoms with Crippen molar-refractivity contribution in [3.8, 4) is 0 Å². The summed E-state index contributed by atoms with van der Waals surface area (Å²) in [7, 11) is 3.14. The Morgan fingerprint density at radius 2 is 1.41 bits per heavy atom. The summed E-state index contributed by atoms with van der Waals surface area (Å²) >= 11 is 0. The average molecular weight is 453 g/mol. The van der Waals surface area contributed by atoms with Crippen LogP contribution in [0.4, 0.5) is 4.79 Å². The molecule has 0 aromatic rings. The molecular formula is C23H36N2O7. The lowest BCUT2D eigenvalue weighted by atomic mass is 9.75. The number of hydrogen-bond donors (Lipinski definition) is 1. The van der Waals surface area contributed by atoms with Crippen molar-refractivity contribution in [2.24, 2.45) is 11.8 Å². The Hall–Kier alpha value is -1.87. The first-order valence-electron chi connectivity index (χ1n) is 11.6. The summed E-state index contributed by atoms with van der Waals surface area (Å²) in [4.78, 5) is 42.9. The molecule has 0 unspecified atom stereocenters. The third kappa shape index (κ3) is 3.31. The van der Waals surface area contributed by atoms with E-state index >= 15 is 0 Å². The maximum absolute atomic E-state index is 14.1. The Balaban J connectivity index is 1.67. The predicted molar refractivity (Wildman–Crippen MR) is 114 cm³/mol. The van der Waals surface area contributed by atoms with Gasteiger partial charge in [0, 0.05) is 26.3 Å². The minimum Gasteiger partial charge on any atom is -0.481 e. The van der Waals surface area contributed by atoms with E-state index in [2.05, 4.69) is 0 Å². The largest absolute Gasteiger partial charge is 0.481 e. The second-order valence-electron chi connectivity index (χ2n) is 10.9. The minimum atomic E-state index is -0.878. The van der Waals surface area contributed by atoms with E-state index in [4.69, 9.17) is 14.2 Å². The molecule has 4 saturated heterocycles. The van der Waals surface area contributed by atoms with Crippen LogP contribution in [0.5, 0.6) is 0 Å². The van der Waals surface area contributed by atoms with Crippen LogP contribution in [0, 0.1) is 11.8 Å². The van der Waals surface area contributed by atoms with E-state index in [1.54, 1.807) is 19.1 Å². The SMILES string of the molecule is COC[C@]12CC[C@@H](C[C@@H]1C(=O)N1[C@H]3CC[C@@]1(COC)[C@@H](C(=O)O)C3)N2C(=O)OC(C)(C)C. The molecule has 0 aliphatic carbocycles. The fourth-order valence-corrected chi connectivity index (χ4v) is 7.03.